The van der Waals surface area contributed by atoms with Gasteiger partial charge >= 0.3 is 5.69 Å². The summed E-state index contributed by atoms with van der Waals surface area (Å²) in [6.07, 6.45) is 1.08. The van der Waals surface area contributed by atoms with Crippen LogP contribution in [0.5, 0.6) is 0 Å². The molecule has 0 saturated carbocycles. The number of halogens is 2. The van der Waals surface area contributed by atoms with Crippen molar-refractivity contribution in [3.8, 4) is 11.1 Å². The summed E-state index contributed by atoms with van der Waals surface area (Å²) in [6.45, 7) is 1.75. The lowest BCUT2D eigenvalue weighted by Crippen LogP contribution is -2.39. The van der Waals surface area contributed by atoms with Crippen molar-refractivity contribution < 1.29 is 13.5 Å². The fourth-order valence-corrected chi connectivity index (χ4v) is 2.11. The van der Waals surface area contributed by atoms with E-state index in [1.54, 1.807) is 6.92 Å². The maximum atomic E-state index is 13.8. The number of nitrogens with one attached hydrogen (secondary N) is 1. The number of rotatable bonds is 4. The third-order valence-electron chi connectivity index (χ3n) is 3.10. The molecule has 112 valence electrons. The van der Waals surface area contributed by atoms with Crippen LogP contribution in [0.4, 0.5) is 8.78 Å². The van der Waals surface area contributed by atoms with Gasteiger partial charge in [-0.25, -0.2) is 13.6 Å². The molecule has 2 rings (SSSR count). The van der Waals surface area contributed by atoms with Crippen molar-refractivity contribution in [2.24, 2.45) is 0 Å². The number of methoxy groups -OCH3 is 1. The number of hydrogen-bond donors (Lipinski definition) is 1. The SMILES string of the molecule is COC[C@H](C)n1c(=O)[nH]cc(-c2cccc(F)c2F)c1=O. The van der Waals surface area contributed by atoms with E-state index < -0.39 is 28.9 Å². The summed E-state index contributed by atoms with van der Waals surface area (Å²) in [6, 6.07) is 2.99. The zero-order valence-electron chi connectivity index (χ0n) is 11.5. The summed E-state index contributed by atoms with van der Waals surface area (Å²) in [7, 11) is 1.44. The molecule has 0 unspecified atom stereocenters. The molecule has 0 spiro atoms. The third kappa shape index (κ3) is 2.78. The van der Waals surface area contributed by atoms with E-state index in [1.165, 1.54) is 19.2 Å². The highest BCUT2D eigenvalue weighted by Crippen LogP contribution is 2.20. The minimum absolute atomic E-state index is 0.116. The molecule has 0 radical (unpaired) electrons. The Morgan fingerprint density at radius 2 is 2.00 bits per heavy atom. The van der Waals surface area contributed by atoms with Crippen LogP contribution in [0.25, 0.3) is 11.1 Å². The van der Waals surface area contributed by atoms with E-state index in [2.05, 4.69) is 4.98 Å². The maximum Gasteiger partial charge on any atom is 0.328 e. The smallest absolute Gasteiger partial charge is 0.328 e. The molecule has 0 saturated heterocycles. The van der Waals surface area contributed by atoms with Crippen LogP contribution in [0.3, 0.4) is 0 Å². The van der Waals surface area contributed by atoms with E-state index in [-0.39, 0.29) is 17.7 Å². The van der Waals surface area contributed by atoms with Crippen LogP contribution < -0.4 is 11.2 Å². The molecule has 0 aliphatic rings. The topological polar surface area (TPSA) is 64.1 Å². The Bertz CT molecular complexity index is 768. The van der Waals surface area contributed by atoms with E-state index in [9.17, 15) is 18.4 Å². The summed E-state index contributed by atoms with van der Waals surface area (Å²) in [5.74, 6) is -2.19. The Labute approximate surface area is 118 Å². The van der Waals surface area contributed by atoms with E-state index in [0.29, 0.717) is 0 Å². The average Bonchev–Trinajstić information content (AvgIpc) is 2.43. The van der Waals surface area contributed by atoms with Gasteiger partial charge < -0.3 is 9.72 Å². The standard InChI is InChI=1S/C14H14F2N2O3/c1-8(7-21-2)18-13(19)10(6-17-14(18)20)9-4-3-5-11(15)12(9)16/h3-6,8H,7H2,1-2H3,(H,17,20)/t8-/m0/s1. The zero-order chi connectivity index (χ0) is 15.6. The molecule has 2 aromatic rings. The Morgan fingerprint density at radius 3 is 2.67 bits per heavy atom. The third-order valence-corrected chi connectivity index (χ3v) is 3.10. The number of aromatic amines is 1. The van der Waals surface area contributed by atoms with Gasteiger partial charge in [-0.05, 0) is 13.0 Å². The van der Waals surface area contributed by atoms with Crippen LogP contribution in [0.1, 0.15) is 13.0 Å². The lowest BCUT2D eigenvalue weighted by Gasteiger charge is -2.14. The Hall–Kier alpha value is -2.28. The molecule has 0 fully saturated rings. The van der Waals surface area contributed by atoms with Gasteiger partial charge in [0.25, 0.3) is 5.56 Å². The van der Waals surface area contributed by atoms with Crippen molar-refractivity contribution >= 4 is 0 Å². The second-order valence-electron chi connectivity index (χ2n) is 4.59. The predicted molar refractivity (Wildman–Crippen MR) is 73.3 cm³/mol. The summed E-state index contributed by atoms with van der Waals surface area (Å²) in [4.78, 5) is 26.5. The number of ether oxygens (including phenoxy) is 1. The molecule has 0 amide bonds. The Kier molecular flexibility index (Phi) is 4.32. The van der Waals surface area contributed by atoms with Gasteiger partial charge in [0.2, 0.25) is 0 Å². The first-order chi connectivity index (χ1) is 9.97. The van der Waals surface area contributed by atoms with Crippen LogP contribution in [-0.4, -0.2) is 23.3 Å². The Morgan fingerprint density at radius 1 is 1.29 bits per heavy atom. The monoisotopic (exact) mass is 296 g/mol. The molecule has 7 heteroatoms. The molecule has 1 atom stereocenters. The van der Waals surface area contributed by atoms with E-state index in [1.807, 2.05) is 0 Å². The lowest BCUT2D eigenvalue weighted by atomic mass is 10.1. The normalized spacial score (nSPS) is 12.4. The van der Waals surface area contributed by atoms with Crippen molar-refractivity contribution in [1.29, 1.82) is 0 Å². The van der Waals surface area contributed by atoms with E-state index in [4.69, 9.17) is 4.74 Å². The van der Waals surface area contributed by atoms with Crippen LogP contribution in [0.2, 0.25) is 0 Å². The highest BCUT2D eigenvalue weighted by atomic mass is 19.2. The van der Waals surface area contributed by atoms with Gasteiger partial charge in [-0.1, -0.05) is 12.1 Å². The van der Waals surface area contributed by atoms with Crippen LogP contribution in [0.15, 0.2) is 34.0 Å². The highest BCUT2D eigenvalue weighted by molar-refractivity contribution is 5.62. The van der Waals surface area contributed by atoms with Gasteiger partial charge in [0, 0.05) is 18.9 Å². The summed E-state index contributed by atoms with van der Waals surface area (Å²) >= 11 is 0. The molecule has 1 aromatic carbocycles. The van der Waals surface area contributed by atoms with Crippen molar-refractivity contribution in [3.63, 3.8) is 0 Å². The second-order valence-corrected chi connectivity index (χ2v) is 4.59. The number of H-pyrrole nitrogens is 1. The Balaban J connectivity index is 2.67. The second kappa shape index (κ2) is 6.01. The molecule has 1 N–H and O–H groups in total. The maximum absolute atomic E-state index is 13.8. The van der Waals surface area contributed by atoms with Gasteiger partial charge in [0.05, 0.1) is 18.2 Å². The van der Waals surface area contributed by atoms with Crippen LogP contribution in [0, 0.1) is 11.6 Å². The highest BCUT2D eigenvalue weighted by Gasteiger charge is 2.18. The number of nitrogens with zero attached hydrogens (tertiary/aromatic N) is 1. The first-order valence-electron chi connectivity index (χ1n) is 6.25. The van der Waals surface area contributed by atoms with Gasteiger partial charge in [-0.2, -0.15) is 0 Å². The minimum atomic E-state index is -1.13. The molecule has 1 heterocycles. The molecule has 1 aromatic heterocycles. The predicted octanol–water partition coefficient (Wildman–Crippen LogP) is 1.69. The fraction of sp³-hybridized carbons (Fsp3) is 0.286. The summed E-state index contributed by atoms with van der Waals surface area (Å²) in [5, 5.41) is 0. The largest absolute Gasteiger partial charge is 0.383 e. The molecule has 0 aliphatic heterocycles. The molecule has 0 bridgehead atoms. The zero-order valence-corrected chi connectivity index (χ0v) is 11.5. The molecule has 5 nitrogen and oxygen atoms in total. The van der Waals surface area contributed by atoms with Gasteiger partial charge in [0.15, 0.2) is 11.6 Å². The molecular formula is C14H14F2N2O3. The lowest BCUT2D eigenvalue weighted by molar-refractivity contribution is 0.159. The van der Waals surface area contributed by atoms with Crippen molar-refractivity contribution in [3.05, 3.63) is 56.9 Å². The van der Waals surface area contributed by atoms with Crippen molar-refractivity contribution in [2.75, 3.05) is 13.7 Å². The van der Waals surface area contributed by atoms with Crippen molar-refractivity contribution in [2.45, 2.75) is 13.0 Å². The van der Waals surface area contributed by atoms with Crippen LogP contribution >= 0.6 is 0 Å². The van der Waals surface area contributed by atoms with Crippen LogP contribution in [-0.2, 0) is 4.74 Å². The first-order valence-corrected chi connectivity index (χ1v) is 6.25. The molecule has 21 heavy (non-hydrogen) atoms. The number of aromatic nitrogens is 2. The van der Waals surface area contributed by atoms with E-state index >= 15 is 0 Å². The molecular weight excluding hydrogens is 282 g/mol. The molecule has 0 aliphatic carbocycles. The summed E-state index contributed by atoms with van der Waals surface area (Å²) in [5.41, 5.74) is -1.65. The van der Waals surface area contributed by atoms with Gasteiger partial charge in [0.1, 0.15) is 0 Å². The number of benzene rings is 1. The number of hydrogen-bond acceptors (Lipinski definition) is 3. The summed E-state index contributed by atoms with van der Waals surface area (Å²) < 4.78 is 32.9. The quantitative estimate of drug-likeness (QED) is 0.934. The van der Waals surface area contributed by atoms with Gasteiger partial charge in [-0.3, -0.25) is 9.36 Å². The minimum Gasteiger partial charge on any atom is -0.383 e. The van der Waals surface area contributed by atoms with E-state index in [0.717, 1.165) is 16.8 Å². The van der Waals surface area contributed by atoms with Gasteiger partial charge in [-0.15, -0.1) is 0 Å². The first kappa shape index (κ1) is 15.1. The fourth-order valence-electron chi connectivity index (χ4n) is 2.11. The van der Waals surface area contributed by atoms with Crippen molar-refractivity contribution in [1.82, 2.24) is 9.55 Å². The average molecular weight is 296 g/mol.